The summed E-state index contributed by atoms with van der Waals surface area (Å²) >= 11 is 0. The van der Waals surface area contributed by atoms with Crippen LogP contribution in [0.1, 0.15) is 29.8 Å². The number of nitrogens with zero attached hydrogens (tertiary/aromatic N) is 3. The molecule has 0 aliphatic carbocycles. The smallest absolute Gasteiger partial charge is 0.337 e. The van der Waals surface area contributed by atoms with E-state index in [1.807, 2.05) is 44.2 Å². The summed E-state index contributed by atoms with van der Waals surface area (Å²) in [5.74, 6) is 0.426. The summed E-state index contributed by atoms with van der Waals surface area (Å²) in [6.45, 7) is 4.23. The maximum Gasteiger partial charge on any atom is 0.337 e. The van der Waals surface area contributed by atoms with E-state index in [9.17, 15) is 14.9 Å². The molecule has 0 aliphatic heterocycles. The predicted molar refractivity (Wildman–Crippen MR) is 133 cm³/mol. The SMILES string of the molecule is CC.COC(=O)c1ccc(COc2cc(-c3ccc([N+](=O)[O-])cc3)nc(-c3ccccc3)n2)cc1. The minimum atomic E-state index is -0.445. The van der Waals surface area contributed by atoms with Crippen molar-refractivity contribution < 1.29 is 19.2 Å². The fourth-order valence-electron chi connectivity index (χ4n) is 3.13. The van der Waals surface area contributed by atoms with Crippen molar-refractivity contribution in [3.8, 4) is 28.5 Å². The second-order valence-electron chi connectivity index (χ2n) is 7.06. The van der Waals surface area contributed by atoms with Gasteiger partial charge in [-0.2, -0.15) is 4.98 Å². The number of esters is 1. The number of rotatable bonds is 7. The zero-order chi connectivity index (χ0) is 25.2. The zero-order valence-electron chi connectivity index (χ0n) is 19.7. The molecule has 8 heteroatoms. The molecule has 178 valence electrons. The number of non-ortho nitro benzene ring substituents is 1. The molecule has 35 heavy (non-hydrogen) atoms. The van der Waals surface area contributed by atoms with E-state index < -0.39 is 10.9 Å². The zero-order valence-corrected chi connectivity index (χ0v) is 19.7. The molecule has 0 N–H and O–H groups in total. The van der Waals surface area contributed by atoms with Crippen molar-refractivity contribution in [1.82, 2.24) is 9.97 Å². The molecule has 0 saturated heterocycles. The molecule has 8 nitrogen and oxygen atoms in total. The molecule has 0 saturated carbocycles. The highest BCUT2D eigenvalue weighted by atomic mass is 16.6. The van der Waals surface area contributed by atoms with Crippen molar-refractivity contribution in [1.29, 1.82) is 0 Å². The first-order valence-electron chi connectivity index (χ1n) is 11.0. The first-order valence-corrected chi connectivity index (χ1v) is 11.0. The van der Waals surface area contributed by atoms with Crippen LogP contribution in [0.25, 0.3) is 22.6 Å². The maximum absolute atomic E-state index is 11.6. The summed E-state index contributed by atoms with van der Waals surface area (Å²) in [4.78, 5) is 31.3. The number of hydrogen-bond donors (Lipinski definition) is 0. The van der Waals surface area contributed by atoms with E-state index in [4.69, 9.17) is 9.47 Å². The monoisotopic (exact) mass is 471 g/mol. The van der Waals surface area contributed by atoms with Gasteiger partial charge in [0, 0.05) is 29.3 Å². The number of hydrogen-bond acceptors (Lipinski definition) is 7. The third kappa shape index (κ3) is 6.48. The van der Waals surface area contributed by atoms with Crippen molar-refractivity contribution >= 4 is 11.7 Å². The first-order chi connectivity index (χ1) is 17.0. The van der Waals surface area contributed by atoms with Gasteiger partial charge < -0.3 is 9.47 Å². The number of carbonyl (C=O) groups is 1. The van der Waals surface area contributed by atoms with Crippen LogP contribution in [0, 0.1) is 10.1 Å². The Hall–Kier alpha value is -4.59. The fourth-order valence-corrected chi connectivity index (χ4v) is 3.13. The molecule has 0 unspecified atom stereocenters. The van der Waals surface area contributed by atoms with Crippen LogP contribution < -0.4 is 4.74 Å². The van der Waals surface area contributed by atoms with Crippen LogP contribution in [0.3, 0.4) is 0 Å². The second kappa shape index (κ2) is 12.0. The molecule has 1 aromatic heterocycles. The summed E-state index contributed by atoms with van der Waals surface area (Å²) < 4.78 is 10.6. The molecule has 0 aliphatic rings. The third-order valence-corrected chi connectivity index (χ3v) is 4.87. The van der Waals surface area contributed by atoms with Gasteiger partial charge in [-0.05, 0) is 29.8 Å². The highest BCUT2D eigenvalue weighted by Crippen LogP contribution is 2.27. The van der Waals surface area contributed by atoms with E-state index in [1.165, 1.54) is 19.2 Å². The molecule has 4 aromatic rings. The molecule has 0 atom stereocenters. The van der Waals surface area contributed by atoms with Crippen LogP contribution in [0.5, 0.6) is 5.88 Å². The van der Waals surface area contributed by atoms with Crippen molar-refractivity contribution in [2.24, 2.45) is 0 Å². The number of aromatic nitrogens is 2. The van der Waals surface area contributed by atoms with E-state index in [0.29, 0.717) is 28.5 Å². The van der Waals surface area contributed by atoms with Gasteiger partial charge in [-0.3, -0.25) is 10.1 Å². The van der Waals surface area contributed by atoms with Gasteiger partial charge >= 0.3 is 5.97 Å². The Kier molecular flexibility index (Phi) is 8.61. The van der Waals surface area contributed by atoms with Gasteiger partial charge in [0.1, 0.15) is 6.61 Å². The summed E-state index contributed by atoms with van der Waals surface area (Å²) in [5, 5.41) is 11.0. The minimum absolute atomic E-state index is 0.00274. The molecule has 0 bridgehead atoms. The van der Waals surface area contributed by atoms with Crippen molar-refractivity contribution in [3.05, 3.63) is 106 Å². The van der Waals surface area contributed by atoms with E-state index in [0.717, 1.165) is 11.1 Å². The molecular formula is C27H25N3O5. The van der Waals surface area contributed by atoms with Crippen LogP contribution in [0.15, 0.2) is 84.9 Å². The van der Waals surface area contributed by atoms with Gasteiger partial charge in [0.15, 0.2) is 5.82 Å². The van der Waals surface area contributed by atoms with Crippen LogP contribution in [0.4, 0.5) is 5.69 Å². The average molecular weight is 472 g/mol. The van der Waals surface area contributed by atoms with E-state index in [2.05, 4.69) is 9.97 Å². The topological polar surface area (TPSA) is 104 Å². The van der Waals surface area contributed by atoms with Gasteiger partial charge in [-0.15, -0.1) is 0 Å². The van der Waals surface area contributed by atoms with Crippen LogP contribution in [-0.2, 0) is 11.3 Å². The maximum atomic E-state index is 11.6. The molecular weight excluding hydrogens is 446 g/mol. The first kappa shape index (κ1) is 25.0. The van der Waals surface area contributed by atoms with Gasteiger partial charge in [0.2, 0.25) is 5.88 Å². The highest BCUT2D eigenvalue weighted by molar-refractivity contribution is 5.89. The Labute approximate surface area is 203 Å². The molecule has 1 heterocycles. The number of carbonyl (C=O) groups excluding carboxylic acids is 1. The van der Waals surface area contributed by atoms with Gasteiger partial charge in [0.25, 0.3) is 5.69 Å². The Morgan fingerprint density at radius 1 is 0.886 bits per heavy atom. The molecule has 3 aromatic carbocycles. The van der Waals surface area contributed by atoms with Crippen LogP contribution in [-0.4, -0.2) is 28.0 Å². The van der Waals surface area contributed by atoms with E-state index in [-0.39, 0.29) is 12.3 Å². The van der Waals surface area contributed by atoms with E-state index in [1.54, 1.807) is 42.5 Å². The lowest BCUT2D eigenvalue weighted by atomic mass is 10.1. The molecule has 0 radical (unpaired) electrons. The Balaban J connectivity index is 0.00000167. The van der Waals surface area contributed by atoms with Crippen molar-refractivity contribution in [2.75, 3.05) is 7.11 Å². The third-order valence-electron chi connectivity index (χ3n) is 4.87. The molecule has 0 fully saturated rings. The quantitative estimate of drug-likeness (QED) is 0.182. The highest BCUT2D eigenvalue weighted by Gasteiger charge is 2.12. The summed E-state index contributed by atoms with van der Waals surface area (Å²) in [5.41, 5.74) is 3.40. The van der Waals surface area contributed by atoms with E-state index >= 15 is 0 Å². The summed E-state index contributed by atoms with van der Waals surface area (Å²) in [6.07, 6.45) is 0. The Bertz CT molecular complexity index is 1270. The lowest BCUT2D eigenvalue weighted by molar-refractivity contribution is -0.384. The average Bonchev–Trinajstić information content (AvgIpc) is 2.93. The standard InChI is InChI=1S/C25H19N3O5.C2H6/c1-32-25(29)20-9-7-17(8-10-20)16-33-23-15-22(18-11-13-21(14-12-18)28(30)31)26-24(27-23)19-5-3-2-4-6-19;1-2/h2-15H,16H2,1H3;1-2H3. The predicted octanol–water partition coefficient (Wildman–Crippen LogP) is 6.11. The lowest BCUT2D eigenvalue weighted by Gasteiger charge is -2.10. The number of nitro benzene ring substituents is 1. The number of ether oxygens (including phenoxy) is 2. The summed E-state index contributed by atoms with van der Waals surface area (Å²) in [7, 11) is 1.33. The molecule has 0 spiro atoms. The fraction of sp³-hybridized carbons (Fsp3) is 0.148. The largest absolute Gasteiger partial charge is 0.473 e. The molecule has 0 amide bonds. The number of methoxy groups -OCH3 is 1. The number of nitro groups is 1. The number of benzene rings is 3. The lowest BCUT2D eigenvalue weighted by Crippen LogP contribution is -2.03. The molecule has 4 rings (SSSR count). The minimum Gasteiger partial charge on any atom is -0.473 e. The Morgan fingerprint density at radius 2 is 1.54 bits per heavy atom. The normalized spacial score (nSPS) is 10.0. The Morgan fingerprint density at radius 3 is 2.14 bits per heavy atom. The second-order valence-corrected chi connectivity index (χ2v) is 7.06. The van der Waals surface area contributed by atoms with Crippen LogP contribution in [0.2, 0.25) is 0 Å². The van der Waals surface area contributed by atoms with Crippen molar-refractivity contribution in [2.45, 2.75) is 20.5 Å². The van der Waals surface area contributed by atoms with Gasteiger partial charge in [-0.1, -0.05) is 56.3 Å². The van der Waals surface area contributed by atoms with Crippen LogP contribution >= 0.6 is 0 Å². The van der Waals surface area contributed by atoms with Crippen molar-refractivity contribution in [3.63, 3.8) is 0 Å². The van der Waals surface area contributed by atoms with Gasteiger partial charge in [-0.25, -0.2) is 9.78 Å². The van der Waals surface area contributed by atoms with Gasteiger partial charge in [0.05, 0.1) is 23.3 Å². The summed E-state index contributed by atoms with van der Waals surface area (Å²) in [6, 6.07) is 24.2.